The van der Waals surface area contributed by atoms with Gasteiger partial charge in [0.25, 0.3) is 17.7 Å². The number of hydrogen-bond donors (Lipinski definition) is 1. The molecule has 3 amide bonds. The van der Waals surface area contributed by atoms with Gasteiger partial charge in [-0.05, 0) is 61.6 Å². The van der Waals surface area contributed by atoms with Crippen molar-refractivity contribution in [2.75, 3.05) is 17.6 Å². The molecular weight excluding hydrogens is 408 g/mol. The van der Waals surface area contributed by atoms with E-state index in [9.17, 15) is 14.4 Å². The summed E-state index contributed by atoms with van der Waals surface area (Å²) in [6.07, 6.45) is 0.690. The van der Waals surface area contributed by atoms with E-state index in [4.69, 9.17) is 0 Å². The molecule has 0 bridgehead atoms. The quantitative estimate of drug-likeness (QED) is 0.324. The molecule has 1 heterocycles. The molecule has 0 saturated carbocycles. The van der Waals surface area contributed by atoms with Gasteiger partial charge in [-0.25, -0.2) is 0 Å². The maximum Gasteiger partial charge on any atom is 0.261 e. The van der Waals surface area contributed by atoms with Crippen LogP contribution in [0.2, 0.25) is 0 Å². The maximum atomic E-state index is 12.5. The fourth-order valence-electron chi connectivity index (χ4n) is 3.51. The van der Waals surface area contributed by atoms with Crippen molar-refractivity contribution in [3.63, 3.8) is 0 Å². The number of rotatable bonds is 7. The van der Waals surface area contributed by atoms with Crippen LogP contribution >= 0.6 is 11.8 Å². The first kappa shape index (κ1) is 20.9. The number of carbonyl (C=O) groups is 3. The Labute approximate surface area is 185 Å². The molecule has 0 aliphatic carbocycles. The number of hydrogen-bond acceptors (Lipinski definition) is 4. The molecular formula is C25H22N2O3S. The van der Waals surface area contributed by atoms with Crippen LogP contribution in [0.5, 0.6) is 0 Å². The fourth-order valence-corrected chi connectivity index (χ4v) is 4.40. The molecule has 0 atom stereocenters. The van der Waals surface area contributed by atoms with Crippen LogP contribution in [0, 0.1) is 6.92 Å². The van der Waals surface area contributed by atoms with Crippen LogP contribution < -0.4 is 5.32 Å². The van der Waals surface area contributed by atoms with Crippen LogP contribution in [-0.2, 0) is 0 Å². The number of aryl methyl sites for hydroxylation is 1. The van der Waals surface area contributed by atoms with Crippen LogP contribution in [0.3, 0.4) is 0 Å². The van der Waals surface area contributed by atoms with Crippen LogP contribution in [0.1, 0.15) is 43.1 Å². The second-order valence-electron chi connectivity index (χ2n) is 7.36. The minimum absolute atomic E-state index is 0.142. The van der Waals surface area contributed by atoms with Crippen molar-refractivity contribution in [2.45, 2.75) is 18.2 Å². The largest absolute Gasteiger partial charge is 0.322 e. The second kappa shape index (κ2) is 9.18. The van der Waals surface area contributed by atoms with Crippen molar-refractivity contribution in [3.8, 4) is 0 Å². The molecule has 1 N–H and O–H groups in total. The van der Waals surface area contributed by atoms with E-state index in [0.29, 0.717) is 29.7 Å². The lowest BCUT2D eigenvalue weighted by molar-refractivity contribution is 0.0654. The van der Waals surface area contributed by atoms with Gasteiger partial charge in [-0.15, -0.1) is 11.8 Å². The second-order valence-corrected chi connectivity index (χ2v) is 8.53. The van der Waals surface area contributed by atoms with Crippen LogP contribution in [-0.4, -0.2) is 34.9 Å². The van der Waals surface area contributed by atoms with Gasteiger partial charge in [0.05, 0.1) is 11.1 Å². The summed E-state index contributed by atoms with van der Waals surface area (Å²) in [7, 11) is 0. The lowest BCUT2D eigenvalue weighted by Gasteiger charge is -2.13. The number of nitrogens with zero attached hydrogens (tertiary/aromatic N) is 1. The van der Waals surface area contributed by atoms with Crippen molar-refractivity contribution in [1.82, 2.24) is 4.90 Å². The molecule has 1 aliphatic heterocycles. The van der Waals surface area contributed by atoms with Crippen molar-refractivity contribution in [1.29, 1.82) is 0 Å². The van der Waals surface area contributed by atoms with E-state index in [-0.39, 0.29) is 17.7 Å². The highest BCUT2D eigenvalue weighted by Crippen LogP contribution is 2.25. The highest BCUT2D eigenvalue weighted by Gasteiger charge is 2.34. The third kappa shape index (κ3) is 4.70. The lowest BCUT2D eigenvalue weighted by atomic mass is 10.1. The van der Waals surface area contributed by atoms with E-state index in [2.05, 4.69) is 5.32 Å². The topological polar surface area (TPSA) is 66.5 Å². The molecule has 0 aromatic heterocycles. The maximum absolute atomic E-state index is 12.5. The highest BCUT2D eigenvalue weighted by atomic mass is 32.2. The van der Waals surface area contributed by atoms with Crippen molar-refractivity contribution in [2.24, 2.45) is 0 Å². The fraction of sp³-hybridized carbons (Fsp3) is 0.160. The zero-order chi connectivity index (χ0) is 21.8. The molecule has 6 heteroatoms. The Morgan fingerprint density at radius 1 is 0.903 bits per heavy atom. The van der Waals surface area contributed by atoms with Gasteiger partial charge in [0.15, 0.2) is 0 Å². The van der Waals surface area contributed by atoms with Crippen molar-refractivity contribution < 1.29 is 14.4 Å². The monoisotopic (exact) mass is 430 g/mol. The third-order valence-corrected chi connectivity index (χ3v) is 6.13. The number of benzene rings is 3. The number of fused-ring (bicyclic) bond motifs is 1. The number of thioether (sulfide) groups is 1. The SMILES string of the molecule is Cc1cccc(C(=O)Nc2cccc(SCCCN3C(=O)c4ccccc4C3=O)c2)c1. The molecule has 3 aromatic rings. The minimum Gasteiger partial charge on any atom is -0.322 e. The molecule has 4 rings (SSSR count). The molecule has 0 unspecified atom stereocenters. The van der Waals surface area contributed by atoms with E-state index >= 15 is 0 Å². The molecule has 0 saturated heterocycles. The molecule has 31 heavy (non-hydrogen) atoms. The molecule has 0 fully saturated rings. The first-order chi connectivity index (χ1) is 15.0. The predicted octanol–water partition coefficient (Wildman–Crippen LogP) is 5.03. The molecule has 1 aliphatic rings. The van der Waals surface area contributed by atoms with Gasteiger partial charge in [0.1, 0.15) is 0 Å². The van der Waals surface area contributed by atoms with Gasteiger partial charge in [-0.2, -0.15) is 0 Å². The lowest BCUT2D eigenvalue weighted by Crippen LogP contribution is -2.30. The van der Waals surface area contributed by atoms with E-state index in [1.54, 1.807) is 42.1 Å². The van der Waals surface area contributed by atoms with Crippen molar-refractivity contribution >= 4 is 35.2 Å². The van der Waals surface area contributed by atoms with Gasteiger partial charge in [-0.3, -0.25) is 19.3 Å². The number of amides is 3. The Bertz CT molecular complexity index is 1120. The first-order valence-electron chi connectivity index (χ1n) is 10.1. The van der Waals surface area contributed by atoms with Crippen LogP contribution in [0.15, 0.2) is 77.7 Å². The zero-order valence-corrected chi connectivity index (χ0v) is 17.9. The summed E-state index contributed by atoms with van der Waals surface area (Å²) in [4.78, 5) is 39.6. The summed E-state index contributed by atoms with van der Waals surface area (Å²) in [6.45, 7) is 2.35. The van der Waals surface area contributed by atoms with Gasteiger partial charge in [-0.1, -0.05) is 35.9 Å². The standard InChI is InChI=1S/C25H22N2O3S/c1-17-7-4-8-18(15-17)23(28)26-19-9-5-10-20(16-19)31-14-6-13-27-24(29)21-11-2-3-12-22(21)25(27)30/h2-5,7-12,15-16H,6,13-14H2,1H3,(H,26,28). The molecule has 156 valence electrons. The number of imide groups is 1. The zero-order valence-electron chi connectivity index (χ0n) is 17.1. The highest BCUT2D eigenvalue weighted by molar-refractivity contribution is 7.99. The summed E-state index contributed by atoms with van der Waals surface area (Å²) < 4.78 is 0. The Kier molecular flexibility index (Phi) is 6.18. The average molecular weight is 431 g/mol. The van der Waals surface area contributed by atoms with Crippen LogP contribution in [0.4, 0.5) is 5.69 Å². The van der Waals surface area contributed by atoms with Crippen molar-refractivity contribution in [3.05, 3.63) is 95.1 Å². The smallest absolute Gasteiger partial charge is 0.261 e. The van der Waals surface area contributed by atoms with Gasteiger partial charge in [0, 0.05) is 22.7 Å². The number of carbonyl (C=O) groups excluding carboxylic acids is 3. The molecule has 3 aromatic carbocycles. The van der Waals surface area contributed by atoms with Gasteiger partial charge >= 0.3 is 0 Å². The van der Waals surface area contributed by atoms with E-state index in [1.807, 2.05) is 49.4 Å². The summed E-state index contributed by atoms with van der Waals surface area (Å²) >= 11 is 1.63. The number of nitrogens with one attached hydrogen (secondary N) is 1. The number of anilines is 1. The van der Waals surface area contributed by atoms with Gasteiger partial charge < -0.3 is 5.32 Å². The van der Waals surface area contributed by atoms with Gasteiger partial charge in [0.2, 0.25) is 0 Å². The third-order valence-electron chi connectivity index (χ3n) is 5.05. The van der Waals surface area contributed by atoms with E-state index in [1.165, 1.54) is 4.90 Å². The first-order valence-corrected chi connectivity index (χ1v) is 11.1. The molecule has 0 radical (unpaired) electrons. The summed E-state index contributed by atoms with van der Waals surface area (Å²) in [6, 6.07) is 22.1. The predicted molar refractivity (Wildman–Crippen MR) is 123 cm³/mol. The Morgan fingerprint density at radius 3 is 2.32 bits per heavy atom. The van der Waals surface area contributed by atoms with E-state index in [0.717, 1.165) is 21.9 Å². The summed E-state index contributed by atoms with van der Waals surface area (Å²) in [5.41, 5.74) is 3.36. The van der Waals surface area contributed by atoms with E-state index < -0.39 is 0 Å². The minimum atomic E-state index is -0.216. The Morgan fingerprint density at radius 2 is 1.61 bits per heavy atom. The normalized spacial score (nSPS) is 12.7. The Balaban J connectivity index is 1.30. The molecule has 5 nitrogen and oxygen atoms in total. The summed E-state index contributed by atoms with van der Waals surface area (Å²) in [5.74, 6) is 0.178. The van der Waals surface area contributed by atoms with Crippen LogP contribution in [0.25, 0.3) is 0 Å². The summed E-state index contributed by atoms with van der Waals surface area (Å²) in [5, 5.41) is 2.93. The average Bonchev–Trinajstić information content (AvgIpc) is 3.02. The molecule has 0 spiro atoms. The Hall–Kier alpha value is -3.38.